The number of hydrogen-bond acceptors (Lipinski definition) is 11. The standard InChI is InChI=1S/C32H50O11/c1-22(33)39-21-20-38-18-3-4-30(35)40-19-17-24-5-11-28(12-6-24)42-31(36)25-7-9-26(10-8-25)32(37)43-29-15-13-27(14-16-29)41-23(2)34/h24-29H,3-21H2,1-2H3. The van der Waals surface area contributed by atoms with Crippen LogP contribution in [-0.2, 0) is 52.4 Å². The molecule has 3 saturated carbocycles. The van der Waals surface area contributed by atoms with Crippen LogP contribution in [0, 0.1) is 17.8 Å². The second-order valence-corrected chi connectivity index (χ2v) is 12.1. The van der Waals surface area contributed by atoms with Crippen molar-refractivity contribution in [2.45, 2.75) is 128 Å². The predicted octanol–water partition coefficient (Wildman–Crippen LogP) is 4.61. The lowest BCUT2D eigenvalue weighted by molar-refractivity contribution is -0.164. The van der Waals surface area contributed by atoms with E-state index < -0.39 is 0 Å². The molecule has 3 aliphatic carbocycles. The summed E-state index contributed by atoms with van der Waals surface area (Å²) in [6, 6.07) is 0. The van der Waals surface area contributed by atoms with E-state index >= 15 is 0 Å². The van der Waals surface area contributed by atoms with Gasteiger partial charge in [-0.2, -0.15) is 0 Å². The molecule has 0 spiro atoms. The zero-order valence-electron chi connectivity index (χ0n) is 25.9. The van der Waals surface area contributed by atoms with Gasteiger partial charge in [0.1, 0.15) is 24.9 Å². The summed E-state index contributed by atoms with van der Waals surface area (Å²) in [5, 5.41) is 0. The van der Waals surface area contributed by atoms with Gasteiger partial charge in [-0.15, -0.1) is 0 Å². The van der Waals surface area contributed by atoms with Crippen LogP contribution in [0.2, 0.25) is 0 Å². The van der Waals surface area contributed by atoms with Crippen molar-refractivity contribution in [2.75, 3.05) is 26.4 Å². The molecule has 3 aliphatic rings. The lowest BCUT2D eigenvalue weighted by Crippen LogP contribution is -2.34. The summed E-state index contributed by atoms with van der Waals surface area (Å²) in [5.41, 5.74) is 0. The van der Waals surface area contributed by atoms with Gasteiger partial charge in [-0.05, 0) is 95.8 Å². The van der Waals surface area contributed by atoms with Crippen molar-refractivity contribution in [1.29, 1.82) is 0 Å². The minimum Gasteiger partial charge on any atom is -0.466 e. The third kappa shape index (κ3) is 13.7. The van der Waals surface area contributed by atoms with Gasteiger partial charge >= 0.3 is 29.8 Å². The highest BCUT2D eigenvalue weighted by Crippen LogP contribution is 2.34. The van der Waals surface area contributed by atoms with E-state index in [1.807, 2.05) is 0 Å². The predicted molar refractivity (Wildman–Crippen MR) is 153 cm³/mol. The fraction of sp³-hybridized carbons (Fsp3) is 0.844. The maximum absolute atomic E-state index is 12.8. The van der Waals surface area contributed by atoms with E-state index in [1.165, 1.54) is 13.8 Å². The Morgan fingerprint density at radius 3 is 1.56 bits per heavy atom. The van der Waals surface area contributed by atoms with Gasteiger partial charge in [0.2, 0.25) is 0 Å². The fourth-order valence-electron chi connectivity index (χ4n) is 6.20. The molecule has 0 aromatic heterocycles. The highest BCUT2D eigenvalue weighted by atomic mass is 16.6. The van der Waals surface area contributed by atoms with Crippen LogP contribution in [-0.4, -0.2) is 74.6 Å². The molecule has 11 nitrogen and oxygen atoms in total. The van der Waals surface area contributed by atoms with E-state index in [-0.39, 0.29) is 66.6 Å². The Morgan fingerprint density at radius 1 is 0.535 bits per heavy atom. The number of hydrogen-bond donors (Lipinski definition) is 0. The van der Waals surface area contributed by atoms with Crippen molar-refractivity contribution in [3.05, 3.63) is 0 Å². The molecular weight excluding hydrogens is 560 g/mol. The number of rotatable bonds is 15. The van der Waals surface area contributed by atoms with E-state index in [0.717, 1.165) is 32.1 Å². The average Bonchev–Trinajstić information content (AvgIpc) is 2.98. The average molecular weight is 611 g/mol. The van der Waals surface area contributed by atoms with Gasteiger partial charge in [-0.1, -0.05) is 0 Å². The largest absolute Gasteiger partial charge is 0.466 e. The molecule has 0 bridgehead atoms. The smallest absolute Gasteiger partial charge is 0.309 e. The van der Waals surface area contributed by atoms with Crippen molar-refractivity contribution in [2.24, 2.45) is 17.8 Å². The molecule has 0 unspecified atom stereocenters. The molecule has 3 rings (SSSR count). The number of ether oxygens (including phenoxy) is 6. The minimum atomic E-state index is -0.341. The molecule has 0 atom stereocenters. The first-order valence-electron chi connectivity index (χ1n) is 16.1. The maximum atomic E-state index is 12.8. The molecule has 0 aliphatic heterocycles. The molecule has 0 saturated heterocycles. The summed E-state index contributed by atoms with van der Waals surface area (Å²) < 4.78 is 32.3. The summed E-state index contributed by atoms with van der Waals surface area (Å²) in [7, 11) is 0. The molecule has 0 amide bonds. The van der Waals surface area contributed by atoms with E-state index in [0.29, 0.717) is 89.9 Å². The van der Waals surface area contributed by atoms with Gasteiger partial charge in [-0.25, -0.2) is 0 Å². The number of carbonyl (C=O) groups excluding carboxylic acids is 5. The summed E-state index contributed by atoms with van der Waals surface area (Å²) >= 11 is 0. The van der Waals surface area contributed by atoms with Crippen molar-refractivity contribution in [1.82, 2.24) is 0 Å². The van der Waals surface area contributed by atoms with Crippen LogP contribution in [0.15, 0.2) is 0 Å². The lowest BCUT2D eigenvalue weighted by atomic mass is 9.81. The van der Waals surface area contributed by atoms with Crippen LogP contribution >= 0.6 is 0 Å². The van der Waals surface area contributed by atoms with E-state index in [2.05, 4.69) is 0 Å². The van der Waals surface area contributed by atoms with Gasteiger partial charge in [0.25, 0.3) is 0 Å². The minimum absolute atomic E-state index is 0.0723. The third-order valence-electron chi connectivity index (χ3n) is 8.70. The van der Waals surface area contributed by atoms with E-state index in [4.69, 9.17) is 28.4 Å². The van der Waals surface area contributed by atoms with Gasteiger partial charge in [-0.3, -0.25) is 24.0 Å². The molecule has 11 heteroatoms. The monoisotopic (exact) mass is 610 g/mol. The first-order valence-corrected chi connectivity index (χ1v) is 16.1. The molecule has 0 heterocycles. The fourth-order valence-corrected chi connectivity index (χ4v) is 6.20. The van der Waals surface area contributed by atoms with Gasteiger partial charge in [0.15, 0.2) is 0 Å². The first-order chi connectivity index (χ1) is 20.7. The van der Waals surface area contributed by atoms with Crippen LogP contribution < -0.4 is 0 Å². The van der Waals surface area contributed by atoms with Crippen LogP contribution in [0.4, 0.5) is 0 Å². The van der Waals surface area contributed by atoms with E-state index in [1.54, 1.807) is 0 Å². The van der Waals surface area contributed by atoms with Crippen LogP contribution in [0.3, 0.4) is 0 Å². The van der Waals surface area contributed by atoms with Gasteiger partial charge in [0.05, 0.1) is 25.0 Å². The quantitative estimate of drug-likeness (QED) is 0.146. The van der Waals surface area contributed by atoms with Crippen LogP contribution in [0.25, 0.3) is 0 Å². The van der Waals surface area contributed by atoms with Crippen molar-refractivity contribution < 1.29 is 52.4 Å². The summed E-state index contributed by atoms with van der Waals surface area (Å²) in [5.74, 6) is -1.07. The molecule has 244 valence electrons. The molecule has 0 radical (unpaired) electrons. The van der Waals surface area contributed by atoms with Crippen molar-refractivity contribution >= 4 is 29.8 Å². The summed E-state index contributed by atoms with van der Waals surface area (Å²) in [6.45, 7) is 4.08. The normalized spacial score (nSPS) is 27.4. The Bertz CT molecular complexity index is 895. The molecule has 43 heavy (non-hydrogen) atoms. The van der Waals surface area contributed by atoms with Crippen LogP contribution in [0.1, 0.15) is 110 Å². The molecule has 0 aromatic rings. The maximum Gasteiger partial charge on any atom is 0.309 e. The molecule has 0 aromatic carbocycles. The Kier molecular flexibility index (Phi) is 15.3. The Hall–Kier alpha value is -2.69. The molecule has 3 fully saturated rings. The lowest BCUT2D eigenvalue weighted by Gasteiger charge is -2.32. The topological polar surface area (TPSA) is 141 Å². The zero-order chi connectivity index (χ0) is 31.0. The van der Waals surface area contributed by atoms with Crippen molar-refractivity contribution in [3.63, 3.8) is 0 Å². The zero-order valence-corrected chi connectivity index (χ0v) is 25.9. The Morgan fingerprint density at radius 2 is 1.05 bits per heavy atom. The van der Waals surface area contributed by atoms with Gasteiger partial charge in [0, 0.05) is 26.9 Å². The number of carbonyl (C=O) groups is 5. The SMILES string of the molecule is CC(=O)OCCOCCCC(=O)OCCC1CCC(OC(=O)C2CCC(C(=O)OC3CCC(OC(C)=O)CC3)CC2)CC1. The number of esters is 5. The highest BCUT2D eigenvalue weighted by molar-refractivity contribution is 5.75. The summed E-state index contributed by atoms with van der Waals surface area (Å²) in [6.07, 6.45) is 10.3. The van der Waals surface area contributed by atoms with Crippen molar-refractivity contribution in [3.8, 4) is 0 Å². The summed E-state index contributed by atoms with van der Waals surface area (Å²) in [4.78, 5) is 59.2. The second-order valence-electron chi connectivity index (χ2n) is 12.1. The van der Waals surface area contributed by atoms with Gasteiger partial charge < -0.3 is 28.4 Å². The first kappa shape index (κ1) is 34.8. The molecular formula is C32H50O11. The Labute approximate surface area is 255 Å². The van der Waals surface area contributed by atoms with E-state index in [9.17, 15) is 24.0 Å². The second kappa shape index (κ2) is 18.9. The third-order valence-corrected chi connectivity index (χ3v) is 8.70. The molecule has 0 N–H and O–H groups in total. The van der Waals surface area contributed by atoms with Crippen LogP contribution in [0.5, 0.6) is 0 Å². The highest BCUT2D eigenvalue weighted by Gasteiger charge is 2.35. The Balaban J connectivity index is 1.19.